The Hall–Kier alpha value is -1.04. The highest BCUT2D eigenvalue weighted by Crippen LogP contribution is 2.51. The van der Waals surface area contributed by atoms with Crippen LogP contribution in [0.2, 0.25) is 0 Å². The van der Waals surface area contributed by atoms with Crippen LogP contribution < -0.4 is 0 Å². The smallest absolute Gasteiger partial charge is 0.438 e. The molecule has 0 aromatic carbocycles. The minimum absolute atomic E-state index is 0.0419. The van der Waals surface area contributed by atoms with Crippen LogP contribution in [0.15, 0.2) is 0 Å². The molecule has 5 nitrogen and oxygen atoms in total. The average molecular weight is 384 g/mol. The van der Waals surface area contributed by atoms with Gasteiger partial charge >= 0.3 is 23.9 Å². The van der Waals surface area contributed by atoms with Crippen molar-refractivity contribution in [2.75, 3.05) is 5.75 Å². The summed E-state index contributed by atoms with van der Waals surface area (Å²) < 4.78 is 112. The number of carbonyl (C=O) groups is 1. The van der Waals surface area contributed by atoms with E-state index in [9.17, 15) is 39.6 Å². The predicted molar refractivity (Wildman–Crippen MR) is 66.3 cm³/mol. The molecule has 2 fully saturated rings. The third-order valence-corrected chi connectivity index (χ3v) is 5.39. The molecule has 0 heterocycles. The number of halogens is 6. The van der Waals surface area contributed by atoms with E-state index in [0.717, 1.165) is 6.42 Å². The van der Waals surface area contributed by atoms with Gasteiger partial charge in [-0.1, -0.05) is 6.42 Å². The van der Waals surface area contributed by atoms with Crippen LogP contribution in [0.3, 0.4) is 0 Å². The number of alkyl halides is 6. The van der Waals surface area contributed by atoms with Crippen molar-refractivity contribution in [1.29, 1.82) is 0 Å². The van der Waals surface area contributed by atoms with Gasteiger partial charge in [0, 0.05) is 0 Å². The first-order valence-corrected chi connectivity index (χ1v) is 8.59. The summed E-state index contributed by atoms with van der Waals surface area (Å²) in [6, 6.07) is 0. The van der Waals surface area contributed by atoms with E-state index in [1.54, 1.807) is 0 Å². The molecule has 3 atom stereocenters. The quantitative estimate of drug-likeness (QED) is 0.458. The maximum atomic E-state index is 13.1. The molecule has 0 saturated heterocycles. The number of hydrogen-bond donors (Lipinski definition) is 1. The van der Waals surface area contributed by atoms with Gasteiger partial charge in [-0.25, -0.2) is 0 Å². The average Bonchev–Trinajstić information content (AvgIpc) is 2.95. The summed E-state index contributed by atoms with van der Waals surface area (Å²) in [6.45, 7) is 0. The van der Waals surface area contributed by atoms with E-state index in [4.69, 9.17) is 4.55 Å². The minimum atomic E-state index is -6.27. The first kappa shape index (κ1) is 19.3. The summed E-state index contributed by atoms with van der Waals surface area (Å²) >= 11 is 0. The second kappa shape index (κ2) is 5.75. The first-order chi connectivity index (χ1) is 10.7. The molecule has 2 bridgehead atoms. The molecule has 0 aromatic heterocycles. The van der Waals surface area contributed by atoms with Gasteiger partial charge in [0.1, 0.15) is 5.75 Å². The fourth-order valence-electron chi connectivity index (χ4n) is 3.51. The molecule has 24 heavy (non-hydrogen) atoms. The maximum absolute atomic E-state index is 13.1. The van der Waals surface area contributed by atoms with Crippen molar-refractivity contribution in [1.82, 2.24) is 0 Å². The summed E-state index contributed by atoms with van der Waals surface area (Å²) in [7, 11) is -5.74. The topological polar surface area (TPSA) is 80.7 Å². The molecule has 0 amide bonds. The zero-order valence-corrected chi connectivity index (χ0v) is 12.8. The summed E-state index contributed by atoms with van der Waals surface area (Å²) in [6.07, 6.45) is -10.7. The molecule has 140 valence electrons. The van der Waals surface area contributed by atoms with Crippen LogP contribution in [0.5, 0.6) is 0 Å². The normalized spacial score (nSPS) is 28.2. The monoisotopic (exact) mass is 384 g/mol. The van der Waals surface area contributed by atoms with Gasteiger partial charge in [-0.15, -0.1) is 0 Å². The van der Waals surface area contributed by atoms with E-state index >= 15 is 0 Å². The van der Waals surface area contributed by atoms with Gasteiger partial charge in [0.05, 0.1) is 5.92 Å². The van der Waals surface area contributed by atoms with E-state index in [1.165, 1.54) is 0 Å². The third-order valence-electron chi connectivity index (χ3n) is 4.62. The molecule has 0 spiro atoms. The van der Waals surface area contributed by atoms with Crippen molar-refractivity contribution < 1.29 is 48.8 Å². The number of hydrogen-bond acceptors (Lipinski definition) is 4. The lowest BCUT2D eigenvalue weighted by Crippen LogP contribution is -2.64. The third kappa shape index (κ3) is 3.48. The van der Waals surface area contributed by atoms with Crippen molar-refractivity contribution in [3.63, 3.8) is 0 Å². The fourth-order valence-corrected chi connectivity index (χ4v) is 4.41. The van der Waals surface area contributed by atoms with Crippen LogP contribution in [-0.4, -0.2) is 42.6 Å². The van der Waals surface area contributed by atoms with Crippen molar-refractivity contribution in [2.24, 2.45) is 17.8 Å². The van der Waals surface area contributed by atoms with E-state index in [-0.39, 0.29) is 18.3 Å². The highest BCUT2D eigenvalue weighted by atomic mass is 32.2. The maximum Gasteiger partial charge on any atom is 0.438 e. The Bertz CT molecular complexity index is 596. The molecule has 2 rings (SSSR count). The summed E-state index contributed by atoms with van der Waals surface area (Å²) in [5.74, 6) is -6.03. The molecule has 12 heteroatoms. The van der Waals surface area contributed by atoms with Gasteiger partial charge < -0.3 is 4.74 Å². The molecule has 1 N–H and O–H groups in total. The molecule has 2 saturated carbocycles. The Balaban J connectivity index is 2.36. The summed E-state index contributed by atoms with van der Waals surface area (Å²) in [4.78, 5) is 11.9. The van der Waals surface area contributed by atoms with Gasteiger partial charge in [-0.2, -0.15) is 34.8 Å². The van der Waals surface area contributed by atoms with Crippen LogP contribution in [0.25, 0.3) is 0 Å². The van der Waals surface area contributed by atoms with E-state index in [1.807, 2.05) is 0 Å². The Labute approximate surface area is 133 Å². The Kier molecular flexibility index (Phi) is 4.62. The van der Waals surface area contributed by atoms with Crippen molar-refractivity contribution in [3.8, 4) is 0 Å². The lowest BCUT2D eigenvalue weighted by molar-refractivity contribution is -0.362. The van der Waals surface area contributed by atoms with Gasteiger partial charge in [-0.3, -0.25) is 9.35 Å². The second-order valence-corrected chi connectivity index (χ2v) is 7.70. The second-order valence-electron chi connectivity index (χ2n) is 6.25. The number of rotatable bonds is 4. The minimum Gasteiger partial charge on any atom is -0.438 e. The Morgan fingerprint density at radius 2 is 1.58 bits per heavy atom. The predicted octanol–water partition coefficient (Wildman–Crippen LogP) is 2.72. The summed E-state index contributed by atoms with van der Waals surface area (Å²) in [5.41, 5.74) is -5.30. The molecular weight excluding hydrogens is 370 g/mol. The van der Waals surface area contributed by atoms with Crippen LogP contribution in [0.4, 0.5) is 26.3 Å². The number of ether oxygens (including phenoxy) is 1. The molecule has 0 aromatic rings. The molecule has 0 radical (unpaired) electrons. The number of esters is 1. The van der Waals surface area contributed by atoms with Crippen molar-refractivity contribution in [2.45, 2.75) is 43.6 Å². The molecule has 2 aliphatic rings. The van der Waals surface area contributed by atoms with Gasteiger partial charge in [-0.05, 0) is 31.1 Å². The zero-order valence-electron chi connectivity index (χ0n) is 12.0. The van der Waals surface area contributed by atoms with Gasteiger partial charge in [0.25, 0.3) is 10.1 Å². The number of carbonyl (C=O) groups excluding carboxylic acids is 1. The van der Waals surface area contributed by atoms with E-state index in [2.05, 4.69) is 4.74 Å². The molecular formula is C12H14F6O5S. The fraction of sp³-hybridized carbons (Fsp3) is 0.917. The molecule has 0 aliphatic heterocycles. The zero-order chi connectivity index (χ0) is 18.6. The lowest BCUT2D eigenvalue weighted by Gasteiger charge is -2.36. The van der Waals surface area contributed by atoms with Gasteiger partial charge in [0.15, 0.2) is 0 Å². The van der Waals surface area contributed by atoms with Crippen molar-refractivity contribution in [3.05, 3.63) is 0 Å². The summed E-state index contributed by atoms with van der Waals surface area (Å²) in [5, 5.41) is 0. The van der Waals surface area contributed by atoms with Gasteiger partial charge in [0.2, 0.25) is 0 Å². The molecule has 2 aliphatic carbocycles. The molecule has 3 unspecified atom stereocenters. The lowest BCUT2D eigenvalue weighted by atomic mass is 9.88. The van der Waals surface area contributed by atoms with Crippen LogP contribution in [0.1, 0.15) is 25.7 Å². The van der Waals surface area contributed by atoms with E-state index in [0.29, 0.717) is 12.8 Å². The van der Waals surface area contributed by atoms with Crippen LogP contribution in [-0.2, 0) is 19.6 Å². The largest absolute Gasteiger partial charge is 0.438 e. The Morgan fingerprint density at radius 1 is 1.04 bits per heavy atom. The van der Waals surface area contributed by atoms with Crippen molar-refractivity contribution >= 4 is 16.1 Å². The first-order valence-electron chi connectivity index (χ1n) is 6.98. The van der Waals surface area contributed by atoms with Crippen LogP contribution >= 0.6 is 0 Å². The number of fused-ring (bicyclic) bond motifs is 2. The Morgan fingerprint density at radius 3 is 1.92 bits per heavy atom. The SMILES string of the molecule is O=C(OC(CS(=O)(=O)O)(C(F)(F)F)C(F)(F)F)C1CC2CCC1C2. The van der Waals surface area contributed by atoms with Crippen LogP contribution in [0, 0.1) is 17.8 Å². The van der Waals surface area contributed by atoms with E-state index < -0.39 is 45.7 Å². The highest BCUT2D eigenvalue weighted by molar-refractivity contribution is 7.85. The standard InChI is InChI=1S/C12H14F6O5S/c13-11(14,15)10(12(16,17)18,5-24(20,21)22)23-9(19)8-4-6-1-2-7(8)3-6/h6-8H,1-5H2,(H,20,21,22). The highest BCUT2D eigenvalue weighted by Gasteiger charge is 2.76.